The zero-order chi connectivity index (χ0) is 22.2. The second kappa shape index (κ2) is 8.79. The summed E-state index contributed by atoms with van der Waals surface area (Å²) >= 11 is 9.59. The summed E-state index contributed by atoms with van der Waals surface area (Å²) in [5, 5.41) is 3.05. The lowest BCUT2D eigenvalue weighted by Gasteiger charge is -2.22. The number of nitrogens with two attached hydrogens (primary N) is 1. The van der Waals surface area contributed by atoms with E-state index < -0.39 is 16.6 Å². The van der Waals surface area contributed by atoms with Crippen LogP contribution in [0.3, 0.4) is 0 Å². The van der Waals surface area contributed by atoms with Crippen molar-refractivity contribution < 1.29 is 14.3 Å². The van der Waals surface area contributed by atoms with Crippen LogP contribution in [0.1, 0.15) is 23.8 Å². The van der Waals surface area contributed by atoms with Crippen LogP contribution in [0.25, 0.3) is 11.2 Å². The Morgan fingerprint density at radius 2 is 2.26 bits per heavy atom. The molecule has 3 aromatic rings. The molecule has 1 amide bonds. The molecule has 0 aliphatic carbocycles. The van der Waals surface area contributed by atoms with Gasteiger partial charge in [0.05, 0.1) is 18.8 Å². The van der Waals surface area contributed by atoms with Crippen molar-refractivity contribution in [2.45, 2.75) is 29.5 Å². The molecular weight excluding hydrogens is 555 g/mol. The van der Waals surface area contributed by atoms with E-state index in [9.17, 15) is 9.59 Å². The number of aromatic nitrogens is 4. The molecule has 0 radical (unpaired) electrons. The quantitative estimate of drug-likeness (QED) is 0.200. The Bertz CT molecular complexity index is 1170. The van der Waals surface area contributed by atoms with Crippen LogP contribution < -0.4 is 11.1 Å². The molecule has 3 N–H and O–H groups in total. The van der Waals surface area contributed by atoms with E-state index in [1.807, 2.05) is 18.2 Å². The summed E-state index contributed by atoms with van der Waals surface area (Å²) in [4.78, 5) is 37.4. The monoisotopic (exact) mass is 572 g/mol. The van der Waals surface area contributed by atoms with Gasteiger partial charge in [0, 0.05) is 10.1 Å². The number of carbonyl (C=O) groups excluding carboxylic acids is 2. The Morgan fingerprint density at radius 1 is 1.45 bits per heavy atom. The number of carbonyl (C=O) groups is 2. The molecule has 2 atom stereocenters. The molecule has 1 fully saturated rings. The van der Waals surface area contributed by atoms with Gasteiger partial charge in [-0.3, -0.25) is 4.79 Å². The first-order valence-corrected chi connectivity index (χ1v) is 11.6. The maximum Gasteiger partial charge on any atom is 0.331 e. The first-order valence-electron chi connectivity index (χ1n) is 9.28. The molecule has 1 aromatic carbocycles. The maximum absolute atomic E-state index is 12.3. The lowest BCUT2D eigenvalue weighted by molar-refractivity contribution is -0.146. The Balaban J connectivity index is 1.64. The zero-order valence-electron chi connectivity index (χ0n) is 16.3. The zero-order valence-corrected chi connectivity index (χ0v) is 20.1. The summed E-state index contributed by atoms with van der Waals surface area (Å²) in [5.74, 6) is -0.863. The number of imidazole rings is 1. The van der Waals surface area contributed by atoms with Crippen molar-refractivity contribution >= 4 is 74.8 Å². The van der Waals surface area contributed by atoms with E-state index in [1.165, 1.54) is 7.11 Å². The highest BCUT2D eigenvalue weighted by Crippen LogP contribution is 2.50. The number of hydrogen-bond acceptors (Lipinski definition) is 8. The molecule has 1 aliphatic heterocycles. The number of methoxy groups -OCH3 is 1. The number of esters is 1. The van der Waals surface area contributed by atoms with Gasteiger partial charge in [0.15, 0.2) is 21.7 Å². The molecule has 0 bridgehead atoms. The number of nitrogens with one attached hydrogen (secondary N) is 1. The van der Waals surface area contributed by atoms with Gasteiger partial charge in [-0.1, -0.05) is 12.1 Å². The summed E-state index contributed by atoms with van der Waals surface area (Å²) in [6.45, 7) is 0.539. The largest absolute Gasteiger partial charge is 0.468 e. The smallest absolute Gasteiger partial charge is 0.331 e. The van der Waals surface area contributed by atoms with E-state index in [4.69, 9.17) is 22.1 Å². The van der Waals surface area contributed by atoms with Crippen LogP contribution in [0.5, 0.6) is 0 Å². The van der Waals surface area contributed by atoms with Crippen LogP contribution in [0.4, 0.5) is 5.82 Å². The average molecular weight is 573 g/mol. The minimum Gasteiger partial charge on any atom is -0.468 e. The number of halogens is 2. The maximum atomic E-state index is 12.3. The lowest BCUT2D eigenvalue weighted by Crippen LogP contribution is -2.46. The molecule has 0 saturated carbocycles. The predicted octanol–water partition coefficient (Wildman–Crippen LogP) is 3.12. The summed E-state index contributed by atoms with van der Waals surface area (Å²) in [6, 6.07) is 8.08. The molecule has 1 aliphatic rings. The molecule has 2 unspecified atom stereocenters. The number of thioether (sulfide) groups is 1. The molecule has 162 valence electrons. The van der Waals surface area contributed by atoms with Crippen LogP contribution >= 0.6 is 46.0 Å². The second-order valence-corrected chi connectivity index (χ2v) is 10.0. The van der Waals surface area contributed by atoms with Crippen molar-refractivity contribution in [2.24, 2.45) is 5.73 Å². The SMILES string of the molecule is COC(=O)C1(C(N)=O)CCC(n2cnc3c(NCc4cccc(I)c4)nc(Cl)nc32)S1. The van der Waals surface area contributed by atoms with Gasteiger partial charge >= 0.3 is 5.97 Å². The fraction of sp³-hybridized carbons (Fsp3) is 0.316. The topological polar surface area (TPSA) is 125 Å². The van der Waals surface area contributed by atoms with Gasteiger partial charge in [0.2, 0.25) is 11.2 Å². The van der Waals surface area contributed by atoms with E-state index in [1.54, 1.807) is 10.9 Å². The molecule has 0 spiro atoms. The summed E-state index contributed by atoms with van der Waals surface area (Å²) < 4.78 is 6.32. The first kappa shape index (κ1) is 22.1. The van der Waals surface area contributed by atoms with Crippen molar-refractivity contribution in [3.8, 4) is 0 Å². The lowest BCUT2D eigenvalue weighted by atomic mass is 10.0. The van der Waals surface area contributed by atoms with Crippen LogP contribution in [0.15, 0.2) is 30.6 Å². The minimum atomic E-state index is -1.43. The van der Waals surface area contributed by atoms with E-state index >= 15 is 0 Å². The predicted molar refractivity (Wildman–Crippen MR) is 127 cm³/mol. The average Bonchev–Trinajstić information content (AvgIpc) is 3.36. The van der Waals surface area contributed by atoms with Crippen molar-refractivity contribution in [1.82, 2.24) is 19.5 Å². The van der Waals surface area contributed by atoms with Crippen LogP contribution in [0, 0.1) is 3.57 Å². The summed E-state index contributed by atoms with van der Waals surface area (Å²) in [5.41, 5.74) is 7.69. The number of fused-ring (bicyclic) bond motifs is 1. The molecule has 31 heavy (non-hydrogen) atoms. The Hall–Kier alpha value is -2.12. The fourth-order valence-corrected chi connectivity index (χ4v) is 5.80. The van der Waals surface area contributed by atoms with E-state index in [-0.39, 0.29) is 17.1 Å². The van der Waals surface area contributed by atoms with Crippen LogP contribution in [-0.2, 0) is 20.9 Å². The number of rotatable bonds is 6. The van der Waals surface area contributed by atoms with Crippen molar-refractivity contribution in [3.05, 3.63) is 45.0 Å². The number of ether oxygens (including phenoxy) is 1. The Morgan fingerprint density at radius 3 is 2.97 bits per heavy atom. The number of nitrogens with zero attached hydrogens (tertiary/aromatic N) is 4. The van der Waals surface area contributed by atoms with Gasteiger partial charge in [0.25, 0.3) is 0 Å². The highest BCUT2D eigenvalue weighted by molar-refractivity contribution is 14.1. The van der Waals surface area contributed by atoms with Gasteiger partial charge in [-0.2, -0.15) is 9.97 Å². The number of hydrogen-bond donors (Lipinski definition) is 2. The van der Waals surface area contributed by atoms with Crippen LogP contribution in [0.2, 0.25) is 5.28 Å². The molecule has 1 saturated heterocycles. The molecule has 9 nitrogen and oxygen atoms in total. The van der Waals surface area contributed by atoms with Crippen LogP contribution in [-0.4, -0.2) is 43.3 Å². The van der Waals surface area contributed by atoms with Crippen molar-refractivity contribution in [2.75, 3.05) is 12.4 Å². The Kier molecular flexibility index (Phi) is 6.26. The third-order valence-corrected chi connectivity index (χ3v) is 7.60. The highest BCUT2D eigenvalue weighted by Gasteiger charge is 2.53. The third kappa shape index (κ3) is 4.17. The summed E-state index contributed by atoms with van der Waals surface area (Å²) in [7, 11) is 1.24. The molecular formula is C19H18ClIN6O3S. The number of benzene rings is 1. The molecule has 12 heteroatoms. The number of anilines is 1. The van der Waals surface area contributed by atoms with E-state index in [0.717, 1.165) is 20.9 Å². The Labute approximate surface area is 200 Å². The molecule has 3 heterocycles. The van der Waals surface area contributed by atoms with Crippen molar-refractivity contribution in [3.63, 3.8) is 0 Å². The summed E-state index contributed by atoms with van der Waals surface area (Å²) in [6.07, 6.45) is 2.39. The normalized spacial score (nSPS) is 20.7. The van der Waals surface area contributed by atoms with E-state index in [0.29, 0.717) is 29.9 Å². The highest BCUT2D eigenvalue weighted by atomic mass is 127. The second-order valence-electron chi connectivity index (χ2n) is 6.94. The minimum absolute atomic E-state index is 0.0662. The molecule has 4 rings (SSSR count). The third-order valence-electron chi connectivity index (χ3n) is 5.05. The van der Waals surface area contributed by atoms with Gasteiger partial charge < -0.3 is 20.4 Å². The standard InChI is InChI=1S/C19H18ClIN6O3S/c1-30-17(29)19(16(22)28)6-5-12(31-19)27-9-24-13-14(25-18(20)26-15(13)27)23-8-10-3-2-4-11(21)7-10/h2-4,7,9,12H,5-6,8H2,1H3,(H2,22,28)(H,23,25,26). The molecule has 2 aromatic heterocycles. The van der Waals surface area contributed by atoms with Gasteiger partial charge in [-0.15, -0.1) is 11.8 Å². The first-order chi connectivity index (χ1) is 14.8. The fourth-order valence-electron chi connectivity index (χ4n) is 3.53. The van der Waals surface area contributed by atoms with Gasteiger partial charge in [-0.25, -0.2) is 9.78 Å². The van der Waals surface area contributed by atoms with Gasteiger partial charge in [0.1, 0.15) is 0 Å². The van der Waals surface area contributed by atoms with Gasteiger partial charge in [-0.05, 0) is 64.7 Å². The number of amides is 1. The van der Waals surface area contributed by atoms with E-state index in [2.05, 4.69) is 48.9 Å². The van der Waals surface area contributed by atoms with Crippen molar-refractivity contribution in [1.29, 1.82) is 0 Å². The number of primary amides is 1.